The van der Waals surface area contributed by atoms with Crippen molar-refractivity contribution in [1.29, 1.82) is 0 Å². The Hall–Kier alpha value is -3.41. The van der Waals surface area contributed by atoms with E-state index in [-0.39, 0.29) is 0 Å². The van der Waals surface area contributed by atoms with Crippen LogP contribution >= 0.6 is 0 Å². The van der Waals surface area contributed by atoms with E-state index in [1.807, 2.05) is 62.4 Å². The number of nitrogen functional groups attached to an aromatic ring is 1. The van der Waals surface area contributed by atoms with E-state index in [1.54, 1.807) is 0 Å². The summed E-state index contributed by atoms with van der Waals surface area (Å²) >= 11 is 0. The highest BCUT2D eigenvalue weighted by Crippen LogP contribution is 2.27. The lowest BCUT2D eigenvalue weighted by molar-refractivity contribution is 0.286. The maximum Gasteiger partial charge on any atom is 0.162 e. The predicted octanol–water partition coefficient (Wildman–Crippen LogP) is 4.06. The Morgan fingerprint density at radius 2 is 1.88 bits per heavy atom. The molecule has 2 heterocycles. The second-order valence-electron chi connectivity index (χ2n) is 6.15. The summed E-state index contributed by atoms with van der Waals surface area (Å²) in [6.07, 6.45) is 0. The number of nitrogens with two attached hydrogens (primary N) is 1. The minimum absolute atomic E-state index is 0.358. The fourth-order valence-electron chi connectivity index (χ4n) is 2.82. The molecule has 0 amide bonds. The van der Waals surface area contributed by atoms with Gasteiger partial charge in [0.1, 0.15) is 29.6 Å². The van der Waals surface area contributed by atoms with Crippen LogP contribution in [0, 0.1) is 13.8 Å². The molecule has 2 aromatic heterocycles. The Bertz CT molecular complexity index is 1090. The molecule has 4 aromatic rings. The number of hydrogen-bond acceptors (Lipinski definition) is 6. The molecule has 0 atom stereocenters. The Morgan fingerprint density at radius 1 is 1.04 bits per heavy atom. The fraction of sp³-hybridized carbons (Fsp3) is 0.150. The van der Waals surface area contributed by atoms with Crippen molar-refractivity contribution in [3.05, 3.63) is 65.5 Å². The van der Waals surface area contributed by atoms with Crippen molar-refractivity contribution in [3.8, 4) is 17.1 Å². The van der Waals surface area contributed by atoms with Crippen LogP contribution in [0.15, 0.2) is 53.1 Å². The summed E-state index contributed by atoms with van der Waals surface area (Å²) in [4.78, 5) is 9.06. The number of benzene rings is 2. The monoisotopic (exact) mass is 346 g/mol. The van der Waals surface area contributed by atoms with E-state index >= 15 is 0 Å². The van der Waals surface area contributed by atoms with Gasteiger partial charge in [-0.25, -0.2) is 9.97 Å². The highest BCUT2D eigenvalue weighted by molar-refractivity contribution is 5.89. The van der Waals surface area contributed by atoms with Gasteiger partial charge in [0.15, 0.2) is 5.82 Å². The van der Waals surface area contributed by atoms with Gasteiger partial charge in [0.05, 0.1) is 5.52 Å². The average Bonchev–Trinajstić information content (AvgIpc) is 3.06. The molecule has 130 valence electrons. The lowest BCUT2D eigenvalue weighted by Gasteiger charge is -2.10. The predicted molar refractivity (Wildman–Crippen MR) is 99.7 cm³/mol. The van der Waals surface area contributed by atoms with E-state index in [0.717, 1.165) is 39.2 Å². The molecule has 0 bridgehead atoms. The third-order valence-electron chi connectivity index (χ3n) is 4.12. The van der Waals surface area contributed by atoms with E-state index in [1.165, 1.54) is 0 Å². The first-order chi connectivity index (χ1) is 12.6. The van der Waals surface area contributed by atoms with Crippen LogP contribution in [0.4, 0.5) is 5.82 Å². The molecule has 0 aliphatic heterocycles. The molecule has 0 spiro atoms. The summed E-state index contributed by atoms with van der Waals surface area (Å²) in [5, 5.41) is 4.79. The van der Waals surface area contributed by atoms with Gasteiger partial charge in [-0.2, -0.15) is 0 Å². The quantitative estimate of drug-likeness (QED) is 0.599. The topological polar surface area (TPSA) is 87.1 Å². The largest absolute Gasteiger partial charge is 0.487 e. The number of nitrogens with zero attached hydrogens (tertiary/aromatic N) is 3. The molecule has 0 aliphatic carbocycles. The summed E-state index contributed by atoms with van der Waals surface area (Å²) in [6, 6.07) is 15.4. The van der Waals surface area contributed by atoms with Gasteiger partial charge in [-0.1, -0.05) is 17.3 Å². The summed E-state index contributed by atoms with van der Waals surface area (Å²) < 4.78 is 10.9. The van der Waals surface area contributed by atoms with Crippen LogP contribution in [0.3, 0.4) is 0 Å². The van der Waals surface area contributed by atoms with Crippen molar-refractivity contribution in [2.24, 2.45) is 0 Å². The van der Waals surface area contributed by atoms with Crippen LogP contribution in [0.1, 0.15) is 17.0 Å². The van der Waals surface area contributed by atoms with Crippen molar-refractivity contribution in [1.82, 2.24) is 15.1 Å². The molecule has 0 radical (unpaired) electrons. The molecule has 0 saturated heterocycles. The van der Waals surface area contributed by atoms with Crippen LogP contribution in [0.2, 0.25) is 0 Å². The first-order valence-electron chi connectivity index (χ1n) is 8.28. The van der Waals surface area contributed by atoms with Crippen LogP contribution < -0.4 is 10.5 Å². The zero-order valence-corrected chi connectivity index (χ0v) is 14.6. The van der Waals surface area contributed by atoms with E-state index in [2.05, 4.69) is 15.1 Å². The second-order valence-corrected chi connectivity index (χ2v) is 6.15. The van der Waals surface area contributed by atoms with Crippen LogP contribution in [-0.2, 0) is 6.61 Å². The van der Waals surface area contributed by atoms with Gasteiger partial charge in [-0.15, -0.1) is 0 Å². The van der Waals surface area contributed by atoms with Gasteiger partial charge in [0.25, 0.3) is 0 Å². The molecule has 0 unspecified atom stereocenters. The van der Waals surface area contributed by atoms with Crippen LogP contribution in [0.25, 0.3) is 22.3 Å². The first kappa shape index (κ1) is 16.1. The molecule has 0 saturated carbocycles. The van der Waals surface area contributed by atoms with Crippen molar-refractivity contribution in [3.63, 3.8) is 0 Å². The number of hydrogen-bond donors (Lipinski definition) is 1. The van der Waals surface area contributed by atoms with E-state index in [4.69, 9.17) is 15.0 Å². The number of ether oxygens (including phenoxy) is 1. The fourth-order valence-corrected chi connectivity index (χ4v) is 2.82. The zero-order chi connectivity index (χ0) is 18.1. The van der Waals surface area contributed by atoms with E-state index in [0.29, 0.717) is 18.2 Å². The number of anilines is 1. The highest BCUT2D eigenvalue weighted by atomic mass is 16.5. The van der Waals surface area contributed by atoms with Crippen molar-refractivity contribution in [2.75, 3.05) is 5.73 Å². The average molecular weight is 346 g/mol. The molecule has 0 aliphatic rings. The number of aromatic nitrogens is 3. The second kappa shape index (κ2) is 6.48. The van der Waals surface area contributed by atoms with Crippen molar-refractivity contribution >= 4 is 16.7 Å². The molecular weight excluding hydrogens is 328 g/mol. The Morgan fingerprint density at radius 3 is 2.65 bits per heavy atom. The lowest BCUT2D eigenvalue weighted by atomic mass is 10.1. The maximum atomic E-state index is 6.08. The molecular formula is C20H18N4O2. The minimum atomic E-state index is 0.358. The molecule has 0 fully saturated rings. The van der Waals surface area contributed by atoms with Gasteiger partial charge in [0, 0.05) is 17.0 Å². The van der Waals surface area contributed by atoms with Gasteiger partial charge in [-0.3, -0.25) is 0 Å². The van der Waals surface area contributed by atoms with Crippen molar-refractivity contribution < 1.29 is 9.26 Å². The summed E-state index contributed by atoms with van der Waals surface area (Å²) in [5.41, 5.74) is 9.55. The smallest absolute Gasteiger partial charge is 0.162 e. The number of fused-ring (bicyclic) bond motifs is 1. The summed E-state index contributed by atoms with van der Waals surface area (Å²) in [7, 11) is 0. The molecule has 26 heavy (non-hydrogen) atoms. The van der Waals surface area contributed by atoms with E-state index < -0.39 is 0 Å². The Labute approximate surface area is 150 Å². The van der Waals surface area contributed by atoms with Crippen LogP contribution in [-0.4, -0.2) is 15.1 Å². The number of para-hydroxylation sites is 1. The van der Waals surface area contributed by atoms with Crippen molar-refractivity contribution in [2.45, 2.75) is 20.5 Å². The number of aryl methyl sites for hydroxylation is 2. The van der Waals surface area contributed by atoms with Crippen LogP contribution in [0.5, 0.6) is 5.75 Å². The standard InChI is InChI=1S/C20H18N4O2/c1-12-9-14(7-8-18(12)25-11-15-10-13(2)26-24-15)20-22-17-6-4-3-5-16(17)19(21)23-20/h3-10H,11H2,1-2H3,(H2,21,22,23). The zero-order valence-electron chi connectivity index (χ0n) is 14.6. The molecule has 6 nitrogen and oxygen atoms in total. The van der Waals surface area contributed by atoms with Gasteiger partial charge in [0.2, 0.25) is 0 Å². The Kier molecular flexibility index (Phi) is 4.01. The van der Waals surface area contributed by atoms with Gasteiger partial charge in [-0.05, 0) is 49.7 Å². The molecule has 6 heteroatoms. The normalized spacial score (nSPS) is 11.0. The molecule has 4 rings (SSSR count). The first-order valence-corrected chi connectivity index (χ1v) is 8.28. The third-order valence-corrected chi connectivity index (χ3v) is 4.12. The maximum absolute atomic E-state index is 6.08. The highest BCUT2D eigenvalue weighted by Gasteiger charge is 2.10. The summed E-state index contributed by atoms with van der Waals surface area (Å²) in [6.45, 7) is 4.19. The van der Waals surface area contributed by atoms with E-state index in [9.17, 15) is 0 Å². The molecule has 2 N–H and O–H groups in total. The minimum Gasteiger partial charge on any atom is -0.487 e. The SMILES string of the molecule is Cc1cc(COc2ccc(-c3nc(N)c4ccccc4n3)cc2C)no1. The third kappa shape index (κ3) is 3.09. The number of rotatable bonds is 4. The summed E-state index contributed by atoms with van der Waals surface area (Å²) in [5.74, 6) is 2.62. The lowest BCUT2D eigenvalue weighted by Crippen LogP contribution is -1.99. The molecule has 2 aromatic carbocycles. The van der Waals surface area contributed by atoms with Gasteiger partial charge >= 0.3 is 0 Å². The Balaban J connectivity index is 1.61. The van der Waals surface area contributed by atoms with Gasteiger partial charge < -0.3 is 15.0 Å².